The first kappa shape index (κ1) is 11.8. The van der Waals surface area contributed by atoms with Gasteiger partial charge in [-0.1, -0.05) is 6.07 Å². The minimum absolute atomic E-state index is 0.134. The third-order valence-electron chi connectivity index (χ3n) is 3.07. The molecule has 1 aliphatic rings. The topological polar surface area (TPSA) is 29.1 Å². The van der Waals surface area contributed by atoms with Crippen molar-refractivity contribution in [3.63, 3.8) is 0 Å². The zero-order valence-corrected chi connectivity index (χ0v) is 11.2. The Bertz CT molecular complexity index is 429. The van der Waals surface area contributed by atoms with Crippen LogP contribution in [0.5, 0.6) is 0 Å². The molecule has 16 heavy (non-hydrogen) atoms. The van der Waals surface area contributed by atoms with Crippen molar-refractivity contribution in [1.82, 2.24) is 5.32 Å². The highest BCUT2D eigenvalue weighted by atomic mass is 127. The monoisotopic (exact) mass is 333 g/mol. The second-order valence-corrected chi connectivity index (χ2v) is 5.63. The highest BCUT2D eigenvalue weighted by Gasteiger charge is 2.33. The second kappa shape index (κ2) is 4.31. The Morgan fingerprint density at radius 3 is 2.75 bits per heavy atom. The van der Waals surface area contributed by atoms with Crippen molar-refractivity contribution in [1.29, 1.82) is 0 Å². The molecular formula is C12H13FINO. The molecule has 2 rings (SSSR count). The van der Waals surface area contributed by atoms with Crippen LogP contribution in [-0.4, -0.2) is 11.4 Å². The van der Waals surface area contributed by atoms with Crippen molar-refractivity contribution < 1.29 is 9.18 Å². The summed E-state index contributed by atoms with van der Waals surface area (Å²) in [5, 5.41) is 2.89. The average Bonchev–Trinajstić information content (AvgIpc) is 2.19. The van der Waals surface area contributed by atoms with Crippen LogP contribution in [0.2, 0.25) is 0 Å². The van der Waals surface area contributed by atoms with E-state index in [4.69, 9.17) is 0 Å². The number of benzene rings is 1. The lowest BCUT2D eigenvalue weighted by Crippen LogP contribution is -2.51. The van der Waals surface area contributed by atoms with Gasteiger partial charge in [-0.15, -0.1) is 0 Å². The predicted molar refractivity (Wildman–Crippen MR) is 68.8 cm³/mol. The number of nitrogens with one attached hydrogen (secondary N) is 1. The van der Waals surface area contributed by atoms with Crippen LogP contribution >= 0.6 is 22.6 Å². The van der Waals surface area contributed by atoms with E-state index in [2.05, 4.69) is 5.32 Å². The first-order valence-electron chi connectivity index (χ1n) is 5.28. The smallest absolute Gasteiger partial charge is 0.254 e. The summed E-state index contributed by atoms with van der Waals surface area (Å²) in [6.07, 6.45) is 3.08. The molecule has 0 aliphatic heterocycles. The Kier molecular flexibility index (Phi) is 3.19. The minimum atomic E-state index is -0.427. The molecule has 0 unspecified atom stereocenters. The molecule has 1 aliphatic carbocycles. The lowest BCUT2D eigenvalue weighted by molar-refractivity contribution is 0.0846. The molecule has 0 bridgehead atoms. The maximum absolute atomic E-state index is 13.7. The molecule has 1 aromatic rings. The maximum Gasteiger partial charge on any atom is 0.254 e. The summed E-state index contributed by atoms with van der Waals surface area (Å²) in [5.41, 5.74) is 0.00479. The van der Waals surface area contributed by atoms with Crippen LogP contribution in [0.25, 0.3) is 0 Å². The van der Waals surface area contributed by atoms with E-state index < -0.39 is 5.82 Å². The number of carbonyl (C=O) groups is 1. The molecule has 0 atom stereocenters. The highest BCUT2D eigenvalue weighted by Crippen LogP contribution is 2.31. The van der Waals surface area contributed by atoms with Gasteiger partial charge in [0, 0.05) is 9.11 Å². The van der Waals surface area contributed by atoms with Crippen LogP contribution in [0.15, 0.2) is 18.2 Å². The zero-order valence-electron chi connectivity index (χ0n) is 9.02. The Balaban J connectivity index is 2.17. The molecule has 1 fully saturated rings. The van der Waals surface area contributed by atoms with Crippen LogP contribution in [0, 0.1) is 9.39 Å². The Morgan fingerprint density at radius 2 is 2.19 bits per heavy atom. The number of hydrogen-bond donors (Lipinski definition) is 1. The summed E-state index contributed by atoms with van der Waals surface area (Å²) in [6, 6.07) is 4.87. The summed E-state index contributed by atoms with van der Waals surface area (Å²) in [7, 11) is 0. The summed E-state index contributed by atoms with van der Waals surface area (Å²) in [4.78, 5) is 11.9. The molecule has 0 spiro atoms. The summed E-state index contributed by atoms with van der Waals surface area (Å²) in [6.45, 7) is 2.00. The molecule has 1 aromatic carbocycles. The van der Waals surface area contributed by atoms with Crippen molar-refractivity contribution >= 4 is 28.5 Å². The SMILES string of the molecule is CC1(NC(=O)c2cccc(I)c2F)CCC1. The quantitative estimate of drug-likeness (QED) is 0.828. The van der Waals surface area contributed by atoms with Gasteiger partial charge in [0.05, 0.1) is 5.56 Å². The fourth-order valence-electron chi connectivity index (χ4n) is 1.85. The average molecular weight is 333 g/mol. The molecule has 86 valence electrons. The molecule has 4 heteroatoms. The van der Waals surface area contributed by atoms with Crippen molar-refractivity contribution in [2.45, 2.75) is 31.7 Å². The van der Waals surface area contributed by atoms with Crippen molar-refractivity contribution in [2.24, 2.45) is 0 Å². The Labute approximate surface area is 108 Å². The first-order valence-corrected chi connectivity index (χ1v) is 6.36. The molecule has 2 nitrogen and oxygen atoms in total. The van der Waals surface area contributed by atoms with E-state index in [1.807, 2.05) is 29.5 Å². The standard InChI is InChI=1S/C12H13FINO/c1-12(6-3-7-12)15-11(16)8-4-2-5-9(14)10(8)13/h2,4-5H,3,6-7H2,1H3,(H,15,16). The van der Waals surface area contributed by atoms with Gasteiger partial charge in [0.25, 0.3) is 5.91 Å². The zero-order chi connectivity index (χ0) is 11.8. The lowest BCUT2D eigenvalue weighted by atomic mass is 9.78. The van der Waals surface area contributed by atoms with Crippen LogP contribution in [0.4, 0.5) is 4.39 Å². The molecular weight excluding hydrogens is 320 g/mol. The van der Waals surface area contributed by atoms with Crippen LogP contribution in [0.3, 0.4) is 0 Å². The normalized spacial score (nSPS) is 17.7. The van der Waals surface area contributed by atoms with Crippen molar-refractivity contribution in [2.75, 3.05) is 0 Å². The Morgan fingerprint density at radius 1 is 1.50 bits per heavy atom. The van der Waals surface area contributed by atoms with E-state index in [1.165, 1.54) is 6.07 Å². The van der Waals surface area contributed by atoms with Crippen LogP contribution in [-0.2, 0) is 0 Å². The van der Waals surface area contributed by atoms with E-state index in [-0.39, 0.29) is 17.0 Å². The molecule has 0 radical (unpaired) electrons. The van der Waals surface area contributed by atoms with Gasteiger partial charge >= 0.3 is 0 Å². The maximum atomic E-state index is 13.7. The fraction of sp³-hybridized carbons (Fsp3) is 0.417. The minimum Gasteiger partial charge on any atom is -0.347 e. The van der Waals surface area contributed by atoms with Crippen molar-refractivity contribution in [3.8, 4) is 0 Å². The number of halogens is 2. The van der Waals surface area contributed by atoms with Crippen LogP contribution < -0.4 is 5.32 Å². The number of rotatable bonds is 2. The molecule has 1 amide bonds. The predicted octanol–water partition coefficient (Wildman–Crippen LogP) is 3.10. The molecule has 1 saturated carbocycles. The molecule has 1 N–H and O–H groups in total. The number of carbonyl (C=O) groups excluding carboxylic acids is 1. The van der Waals surface area contributed by atoms with E-state index in [0.29, 0.717) is 3.57 Å². The van der Waals surface area contributed by atoms with Gasteiger partial charge in [-0.25, -0.2) is 4.39 Å². The second-order valence-electron chi connectivity index (χ2n) is 4.47. The third-order valence-corrected chi connectivity index (χ3v) is 3.90. The third kappa shape index (κ3) is 2.21. The summed E-state index contributed by atoms with van der Waals surface area (Å²) in [5.74, 6) is -0.735. The van der Waals surface area contributed by atoms with E-state index >= 15 is 0 Å². The lowest BCUT2D eigenvalue weighted by Gasteiger charge is -2.39. The van der Waals surface area contributed by atoms with Crippen molar-refractivity contribution in [3.05, 3.63) is 33.1 Å². The fourth-order valence-corrected chi connectivity index (χ4v) is 2.35. The van der Waals surface area contributed by atoms with Gasteiger partial charge in [-0.3, -0.25) is 4.79 Å². The molecule has 0 saturated heterocycles. The van der Waals surface area contributed by atoms with Gasteiger partial charge < -0.3 is 5.32 Å². The first-order chi connectivity index (χ1) is 7.52. The Hall–Kier alpha value is -0.650. The van der Waals surface area contributed by atoms with E-state index in [1.54, 1.807) is 12.1 Å². The largest absolute Gasteiger partial charge is 0.347 e. The van der Waals surface area contributed by atoms with E-state index in [9.17, 15) is 9.18 Å². The van der Waals surface area contributed by atoms with Gasteiger partial charge in [0.15, 0.2) is 0 Å². The van der Waals surface area contributed by atoms with E-state index in [0.717, 1.165) is 19.3 Å². The highest BCUT2D eigenvalue weighted by molar-refractivity contribution is 14.1. The number of amides is 1. The van der Waals surface area contributed by atoms with Crippen LogP contribution in [0.1, 0.15) is 36.5 Å². The van der Waals surface area contributed by atoms with Gasteiger partial charge in [0.2, 0.25) is 0 Å². The van der Waals surface area contributed by atoms with Gasteiger partial charge in [-0.05, 0) is 60.9 Å². The molecule has 0 aromatic heterocycles. The summed E-state index contributed by atoms with van der Waals surface area (Å²) >= 11 is 1.89. The number of hydrogen-bond acceptors (Lipinski definition) is 1. The molecule has 0 heterocycles. The summed E-state index contributed by atoms with van der Waals surface area (Å²) < 4.78 is 14.2. The van der Waals surface area contributed by atoms with Gasteiger partial charge in [-0.2, -0.15) is 0 Å². The van der Waals surface area contributed by atoms with Gasteiger partial charge in [0.1, 0.15) is 5.82 Å².